The van der Waals surface area contributed by atoms with E-state index in [1.807, 2.05) is 47.7 Å². The summed E-state index contributed by atoms with van der Waals surface area (Å²) in [6, 6.07) is 1.70. The number of hydrogen-bond donors (Lipinski definition) is 1. The summed E-state index contributed by atoms with van der Waals surface area (Å²) in [6.07, 6.45) is -0.440. The van der Waals surface area contributed by atoms with Gasteiger partial charge < -0.3 is 14.8 Å². The number of carbonyl (C=O) groups excluding carboxylic acids is 1. The molecule has 1 aromatic heterocycles. The molecule has 0 saturated heterocycles. The number of carbonyl (C=O) groups is 1. The number of alkyl carbamates (subject to hydrolysis) is 1. The highest BCUT2D eigenvalue weighted by Gasteiger charge is 2.18. The van der Waals surface area contributed by atoms with Crippen molar-refractivity contribution in [2.24, 2.45) is 7.05 Å². The van der Waals surface area contributed by atoms with Gasteiger partial charge in [0, 0.05) is 13.1 Å². The van der Waals surface area contributed by atoms with E-state index < -0.39 is 11.7 Å². The van der Waals surface area contributed by atoms with Crippen LogP contribution in [0.5, 0.6) is 5.88 Å². The highest BCUT2D eigenvalue weighted by atomic mass is 16.6. The van der Waals surface area contributed by atoms with E-state index in [1.54, 1.807) is 4.68 Å². The van der Waals surface area contributed by atoms with Crippen molar-refractivity contribution in [1.29, 1.82) is 0 Å². The van der Waals surface area contributed by atoms with E-state index in [1.165, 1.54) is 0 Å². The number of rotatable bonds is 4. The molecule has 0 spiro atoms. The zero-order valence-corrected chi connectivity index (χ0v) is 12.5. The van der Waals surface area contributed by atoms with Gasteiger partial charge in [0.25, 0.3) is 0 Å². The fraction of sp³-hybridized carbons (Fsp3) is 0.692. The minimum atomic E-state index is -0.496. The maximum Gasteiger partial charge on any atom is 0.407 e. The molecule has 19 heavy (non-hydrogen) atoms. The third-order valence-corrected chi connectivity index (χ3v) is 2.20. The second-order valence-electron chi connectivity index (χ2n) is 5.61. The van der Waals surface area contributed by atoms with Gasteiger partial charge in [-0.3, -0.25) is 0 Å². The lowest BCUT2D eigenvalue weighted by atomic mass is 10.2. The molecular formula is C13H23N3O3. The summed E-state index contributed by atoms with van der Waals surface area (Å²) in [7, 11) is 1.81. The SMILES string of the molecule is Cc1cc(OC[C@H](C)NC(=O)OC(C)(C)C)n(C)n1. The van der Waals surface area contributed by atoms with Crippen LogP contribution in [0.3, 0.4) is 0 Å². The van der Waals surface area contributed by atoms with E-state index >= 15 is 0 Å². The predicted octanol–water partition coefficient (Wildman–Crippen LogP) is 2.02. The molecule has 1 aromatic rings. The van der Waals surface area contributed by atoms with Crippen molar-refractivity contribution in [1.82, 2.24) is 15.1 Å². The summed E-state index contributed by atoms with van der Waals surface area (Å²) in [4.78, 5) is 11.5. The summed E-state index contributed by atoms with van der Waals surface area (Å²) in [5.41, 5.74) is 0.398. The molecule has 0 bridgehead atoms. The van der Waals surface area contributed by atoms with Crippen LogP contribution in [0.2, 0.25) is 0 Å². The van der Waals surface area contributed by atoms with Crippen molar-refractivity contribution >= 4 is 6.09 Å². The van der Waals surface area contributed by atoms with Gasteiger partial charge in [0.05, 0.1) is 11.7 Å². The lowest BCUT2D eigenvalue weighted by molar-refractivity contribution is 0.0492. The summed E-state index contributed by atoms with van der Waals surface area (Å²) in [5, 5.41) is 6.90. The number of aromatic nitrogens is 2. The quantitative estimate of drug-likeness (QED) is 0.908. The van der Waals surface area contributed by atoms with Crippen molar-refractivity contribution < 1.29 is 14.3 Å². The van der Waals surface area contributed by atoms with Crippen LogP contribution < -0.4 is 10.1 Å². The van der Waals surface area contributed by atoms with Crippen molar-refractivity contribution in [3.63, 3.8) is 0 Å². The Morgan fingerprint density at radius 3 is 2.63 bits per heavy atom. The number of hydrogen-bond acceptors (Lipinski definition) is 4. The molecule has 108 valence electrons. The van der Waals surface area contributed by atoms with Gasteiger partial charge in [-0.1, -0.05) is 0 Å². The van der Waals surface area contributed by atoms with Gasteiger partial charge in [0.15, 0.2) is 0 Å². The molecule has 0 aliphatic heterocycles. The zero-order valence-electron chi connectivity index (χ0n) is 12.5. The van der Waals surface area contributed by atoms with Crippen LogP contribution in [0.15, 0.2) is 6.07 Å². The van der Waals surface area contributed by atoms with E-state index in [4.69, 9.17) is 9.47 Å². The molecule has 1 amide bonds. The van der Waals surface area contributed by atoms with Gasteiger partial charge in [-0.2, -0.15) is 5.10 Å². The first-order valence-electron chi connectivity index (χ1n) is 6.30. The van der Waals surface area contributed by atoms with Crippen LogP contribution >= 0.6 is 0 Å². The maximum atomic E-state index is 11.5. The van der Waals surface area contributed by atoms with Gasteiger partial charge in [-0.05, 0) is 34.6 Å². The number of ether oxygens (including phenoxy) is 2. The molecule has 0 saturated carbocycles. The molecule has 0 radical (unpaired) electrons. The van der Waals surface area contributed by atoms with E-state index in [-0.39, 0.29) is 6.04 Å². The second kappa shape index (κ2) is 5.95. The lowest BCUT2D eigenvalue weighted by Gasteiger charge is -2.22. The normalized spacial score (nSPS) is 12.9. The Labute approximate surface area is 114 Å². The van der Waals surface area contributed by atoms with Crippen molar-refractivity contribution in [2.45, 2.75) is 46.3 Å². The summed E-state index contributed by atoms with van der Waals surface area (Å²) < 4.78 is 12.4. The van der Waals surface area contributed by atoms with Gasteiger partial charge in [0.2, 0.25) is 5.88 Å². The number of nitrogens with zero attached hydrogens (tertiary/aromatic N) is 2. The Balaban J connectivity index is 2.38. The molecule has 1 N–H and O–H groups in total. The maximum absolute atomic E-state index is 11.5. The highest BCUT2D eigenvalue weighted by molar-refractivity contribution is 5.68. The third-order valence-electron chi connectivity index (χ3n) is 2.20. The average Bonchev–Trinajstić information content (AvgIpc) is 2.51. The van der Waals surface area contributed by atoms with Crippen LogP contribution in [0.4, 0.5) is 4.79 Å². The van der Waals surface area contributed by atoms with Crippen LogP contribution in [0.25, 0.3) is 0 Å². The molecule has 6 nitrogen and oxygen atoms in total. The first-order chi connectivity index (χ1) is 8.67. The lowest BCUT2D eigenvalue weighted by Crippen LogP contribution is -2.40. The Hall–Kier alpha value is -1.72. The van der Waals surface area contributed by atoms with E-state index in [0.29, 0.717) is 12.5 Å². The van der Waals surface area contributed by atoms with Crippen LogP contribution in [-0.2, 0) is 11.8 Å². The molecule has 0 unspecified atom stereocenters. The smallest absolute Gasteiger partial charge is 0.407 e. The van der Waals surface area contributed by atoms with Gasteiger partial charge in [-0.25, -0.2) is 9.48 Å². The Morgan fingerprint density at radius 2 is 2.16 bits per heavy atom. The summed E-state index contributed by atoms with van der Waals surface area (Å²) in [6.45, 7) is 9.59. The molecule has 0 fully saturated rings. The molecule has 1 heterocycles. The molecule has 1 rings (SSSR count). The van der Waals surface area contributed by atoms with Gasteiger partial charge in [0.1, 0.15) is 12.2 Å². The Kier molecular flexibility index (Phi) is 4.80. The fourth-order valence-electron chi connectivity index (χ4n) is 1.48. The molecule has 1 atom stereocenters. The highest BCUT2D eigenvalue weighted by Crippen LogP contribution is 2.11. The second-order valence-corrected chi connectivity index (χ2v) is 5.61. The van der Waals surface area contributed by atoms with Crippen LogP contribution in [0, 0.1) is 6.92 Å². The Bertz CT molecular complexity index is 435. The van der Waals surface area contributed by atoms with Crippen molar-refractivity contribution in [3.8, 4) is 5.88 Å². The van der Waals surface area contributed by atoms with Gasteiger partial charge >= 0.3 is 6.09 Å². The van der Waals surface area contributed by atoms with Crippen LogP contribution in [0.1, 0.15) is 33.4 Å². The third kappa shape index (κ3) is 5.63. The monoisotopic (exact) mass is 269 g/mol. The standard InChI is InChI=1S/C13H23N3O3/c1-9-7-11(16(6)15-9)18-8-10(2)14-12(17)19-13(3,4)5/h7,10H,8H2,1-6H3,(H,14,17)/t10-/m0/s1. The minimum Gasteiger partial charge on any atom is -0.476 e. The minimum absolute atomic E-state index is 0.148. The van der Waals surface area contributed by atoms with Crippen molar-refractivity contribution in [2.75, 3.05) is 6.61 Å². The summed E-state index contributed by atoms with van der Waals surface area (Å²) >= 11 is 0. The molecule has 0 aliphatic rings. The topological polar surface area (TPSA) is 65.4 Å². The zero-order chi connectivity index (χ0) is 14.6. The number of nitrogens with one attached hydrogen (secondary N) is 1. The first kappa shape index (κ1) is 15.3. The molecule has 6 heteroatoms. The largest absolute Gasteiger partial charge is 0.476 e. The molecular weight excluding hydrogens is 246 g/mol. The van der Waals surface area contributed by atoms with E-state index in [0.717, 1.165) is 5.69 Å². The fourth-order valence-corrected chi connectivity index (χ4v) is 1.48. The first-order valence-corrected chi connectivity index (χ1v) is 6.30. The van der Waals surface area contributed by atoms with E-state index in [2.05, 4.69) is 10.4 Å². The average molecular weight is 269 g/mol. The number of aryl methyl sites for hydroxylation is 2. The summed E-state index contributed by atoms with van der Waals surface area (Å²) in [5.74, 6) is 0.676. The number of amides is 1. The molecule has 0 aliphatic carbocycles. The molecule has 0 aromatic carbocycles. The van der Waals surface area contributed by atoms with Gasteiger partial charge in [-0.15, -0.1) is 0 Å². The predicted molar refractivity (Wildman–Crippen MR) is 72.3 cm³/mol. The Morgan fingerprint density at radius 1 is 1.53 bits per heavy atom. The van der Waals surface area contributed by atoms with E-state index in [9.17, 15) is 4.79 Å². The van der Waals surface area contributed by atoms with Crippen LogP contribution in [-0.4, -0.2) is 34.1 Å². The van der Waals surface area contributed by atoms with Crippen molar-refractivity contribution in [3.05, 3.63) is 11.8 Å².